The number of carbonyl (C=O) groups is 1. The number of H-pyrrole nitrogens is 1. The Hall–Kier alpha value is -2.10. The fourth-order valence-electron chi connectivity index (χ4n) is 1.91. The van der Waals surface area contributed by atoms with E-state index in [4.69, 9.17) is 5.11 Å². The Kier molecular flexibility index (Phi) is 3.23. The van der Waals surface area contributed by atoms with Crippen LogP contribution >= 0.6 is 0 Å². The molecule has 0 amide bonds. The van der Waals surface area contributed by atoms with Crippen molar-refractivity contribution in [2.75, 3.05) is 0 Å². The topological polar surface area (TPSA) is 70.2 Å². The number of carboxylic acids is 1. The molecule has 0 atom stereocenters. The minimum Gasteiger partial charge on any atom is -0.481 e. The van der Waals surface area contributed by atoms with Gasteiger partial charge in [0.15, 0.2) is 0 Å². The van der Waals surface area contributed by atoms with Gasteiger partial charge in [-0.2, -0.15) is 0 Å². The van der Waals surface area contributed by atoms with E-state index in [1.54, 1.807) is 6.07 Å². The molecular weight excluding hydrogens is 218 g/mol. The third kappa shape index (κ3) is 2.72. The van der Waals surface area contributed by atoms with Gasteiger partial charge in [0.25, 0.3) is 0 Å². The lowest BCUT2D eigenvalue weighted by Crippen LogP contribution is -2.07. The average Bonchev–Trinajstić information content (AvgIpc) is 2.28. The molecule has 4 nitrogen and oxygen atoms in total. The molecule has 1 aromatic carbocycles. The van der Waals surface area contributed by atoms with Gasteiger partial charge in [0.1, 0.15) is 0 Å². The number of aromatic amines is 1. The number of hydrogen-bond acceptors (Lipinski definition) is 2. The first-order valence-electron chi connectivity index (χ1n) is 5.49. The summed E-state index contributed by atoms with van der Waals surface area (Å²) in [7, 11) is 0. The van der Waals surface area contributed by atoms with E-state index in [9.17, 15) is 9.59 Å². The van der Waals surface area contributed by atoms with Crippen LogP contribution in [0.5, 0.6) is 0 Å². The third-order valence-electron chi connectivity index (χ3n) is 2.67. The van der Waals surface area contributed by atoms with Gasteiger partial charge in [-0.05, 0) is 24.5 Å². The summed E-state index contributed by atoms with van der Waals surface area (Å²) in [5, 5.41) is 9.58. The van der Waals surface area contributed by atoms with Crippen molar-refractivity contribution in [2.24, 2.45) is 0 Å². The molecule has 0 saturated carbocycles. The molecule has 4 heteroatoms. The zero-order valence-electron chi connectivity index (χ0n) is 9.27. The summed E-state index contributed by atoms with van der Waals surface area (Å²) in [6.07, 6.45) is 1.28. The number of rotatable bonds is 4. The van der Waals surface area contributed by atoms with Gasteiger partial charge in [0, 0.05) is 23.4 Å². The van der Waals surface area contributed by atoms with Crippen LogP contribution in [0.25, 0.3) is 10.9 Å². The van der Waals surface area contributed by atoms with Gasteiger partial charge >= 0.3 is 5.97 Å². The number of nitrogens with one attached hydrogen (secondary N) is 1. The highest BCUT2D eigenvalue weighted by molar-refractivity contribution is 5.81. The van der Waals surface area contributed by atoms with E-state index >= 15 is 0 Å². The first kappa shape index (κ1) is 11.4. The molecule has 88 valence electrons. The van der Waals surface area contributed by atoms with Crippen LogP contribution in [0, 0.1) is 0 Å². The van der Waals surface area contributed by atoms with Crippen LogP contribution in [-0.4, -0.2) is 16.1 Å². The van der Waals surface area contributed by atoms with Gasteiger partial charge in [-0.25, -0.2) is 0 Å². The molecule has 0 aliphatic heterocycles. The smallest absolute Gasteiger partial charge is 0.303 e. The zero-order valence-corrected chi connectivity index (χ0v) is 9.27. The number of benzene rings is 1. The maximum atomic E-state index is 11.4. The summed E-state index contributed by atoms with van der Waals surface area (Å²) < 4.78 is 0. The first-order chi connectivity index (χ1) is 8.16. The second kappa shape index (κ2) is 4.82. The van der Waals surface area contributed by atoms with Crippen LogP contribution in [0.1, 0.15) is 18.4 Å². The number of pyridine rings is 1. The van der Waals surface area contributed by atoms with Crippen molar-refractivity contribution in [3.05, 3.63) is 46.2 Å². The number of aryl methyl sites for hydroxylation is 1. The number of hydrogen-bond donors (Lipinski definition) is 2. The van der Waals surface area contributed by atoms with Crippen molar-refractivity contribution in [3.63, 3.8) is 0 Å². The lowest BCUT2D eigenvalue weighted by Gasteiger charge is -2.04. The van der Waals surface area contributed by atoms with Gasteiger partial charge in [0.05, 0.1) is 0 Å². The predicted molar refractivity (Wildman–Crippen MR) is 65.1 cm³/mol. The van der Waals surface area contributed by atoms with Gasteiger partial charge in [-0.3, -0.25) is 9.59 Å². The van der Waals surface area contributed by atoms with E-state index in [1.807, 2.05) is 24.3 Å². The Morgan fingerprint density at radius 2 is 2.06 bits per heavy atom. The summed E-state index contributed by atoms with van der Waals surface area (Å²) in [6.45, 7) is 0. The molecule has 0 bridgehead atoms. The van der Waals surface area contributed by atoms with Crippen molar-refractivity contribution in [1.82, 2.24) is 4.98 Å². The standard InChI is InChI=1S/C13H13NO3/c15-12-8-9(4-3-7-13(16)17)10-5-1-2-6-11(10)14-12/h1-2,5-6,8H,3-4,7H2,(H,14,15)(H,16,17). The van der Waals surface area contributed by atoms with Crippen LogP contribution in [0.4, 0.5) is 0 Å². The monoisotopic (exact) mass is 231 g/mol. The fourth-order valence-corrected chi connectivity index (χ4v) is 1.91. The molecule has 0 radical (unpaired) electrons. The number of carboxylic acid groups (broad SMARTS) is 1. The molecule has 0 aliphatic carbocycles. The summed E-state index contributed by atoms with van der Waals surface area (Å²) in [5.74, 6) is -0.806. The Labute approximate surface area is 97.9 Å². The molecule has 0 fully saturated rings. The van der Waals surface area contributed by atoms with Gasteiger partial charge in [-0.1, -0.05) is 18.2 Å². The molecule has 0 aliphatic rings. The summed E-state index contributed by atoms with van der Waals surface area (Å²) >= 11 is 0. The van der Waals surface area contributed by atoms with E-state index in [2.05, 4.69) is 4.98 Å². The molecule has 2 aromatic rings. The number of aliphatic carboxylic acids is 1. The van der Waals surface area contributed by atoms with E-state index in [-0.39, 0.29) is 12.0 Å². The molecule has 2 rings (SSSR count). The molecule has 17 heavy (non-hydrogen) atoms. The molecule has 0 saturated heterocycles. The average molecular weight is 231 g/mol. The van der Waals surface area contributed by atoms with Crippen molar-refractivity contribution in [2.45, 2.75) is 19.3 Å². The molecule has 1 heterocycles. The van der Waals surface area contributed by atoms with E-state index in [0.717, 1.165) is 16.5 Å². The molecule has 2 N–H and O–H groups in total. The Morgan fingerprint density at radius 3 is 2.82 bits per heavy atom. The van der Waals surface area contributed by atoms with E-state index < -0.39 is 5.97 Å². The van der Waals surface area contributed by atoms with Crippen molar-refractivity contribution in [1.29, 1.82) is 0 Å². The minimum atomic E-state index is -0.806. The van der Waals surface area contributed by atoms with E-state index in [1.165, 1.54) is 0 Å². The SMILES string of the molecule is O=C(O)CCCc1cc(=O)[nH]c2ccccc12. The number of para-hydroxylation sites is 1. The predicted octanol–water partition coefficient (Wildman–Crippen LogP) is 1.94. The Balaban J connectivity index is 2.32. The zero-order chi connectivity index (χ0) is 12.3. The lowest BCUT2D eigenvalue weighted by atomic mass is 10.0. The van der Waals surface area contributed by atoms with Crippen LogP contribution in [0.2, 0.25) is 0 Å². The Morgan fingerprint density at radius 1 is 1.29 bits per heavy atom. The van der Waals surface area contributed by atoms with Crippen LogP contribution in [0.15, 0.2) is 35.1 Å². The van der Waals surface area contributed by atoms with Gasteiger partial charge in [-0.15, -0.1) is 0 Å². The molecule has 0 unspecified atom stereocenters. The quantitative estimate of drug-likeness (QED) is 0.844. The molecule has 1 aromatic heterocycles. The van der Waals surface area contributed by atoms with Crippen molar-refractivity contribution >= 4 is 16.9 Å². The normalized spacial score (nSPS) is 10.6. The fraction of sp³-hybridized carbons (Fsp3) is 0.231. The summed E-state index contributed by atoms with van der Waals surface area (Å²) in [4.78, 5) is 24.6. The highest BCUT2D eigenvalue weighted by Crippen LogP contribution is 2.16. The number of aromatic nitrogens is 1. The highest BCUT2D eigenvalue weighted by Gasteiger charge is 2.04. The number of fused-ring (bicyclic) bond motifs is 1. The van der Waals surface area contributed by atoms with Gasteiger partial charge in [0.2, 0.25) is 5.56 Å². The summed E-state index contributed by atoms with van der Waals surface area (Å²) in [6, 6.07) is 9.09. The van der Waals surface area contributed by atoms with E-state index in [0.29, 0.717) is 12.8 Å². The Bertz CT molecular complexity index is 601. The van der Waals surface area contributed by atoms with Crippen LogP contribution < -0.4 is 5.56 Å². The van der Waals surface area contributed by atoms with Crippen LogP contribution in [0.3, 0.4) is 0 Å². The highest BCUT2D eigenvalue weighted by atomic mass is 16.4. The lowest BCUT2D eigenvalue weighted by molar-refractivity contribution is -0.137. The third-order valence-corrected chi connectivity index (χ3v) is 2.67. The largest absolute Gasteiger partial charge is 0.481 e. The van der Waals surface area contributed by atoms with Gasteiger partial charge < -0.3 is 10.1 Å². The maximum absolute atomic E-state index is 11.4. The van der Waals surface area contributed by atoms with Crippen LogP contribution in [-0.2, 0) is 11.2 Å². The maximum Gasteiger partial charge on any atom is 0.303 e. The summed E-state index contributed by atoms with van der Waals surface area (Å²) in [5.41, 5.74) is 1.56. The van der Waals surface area contributed by atoms with Crippen molar-refractivity contribution < 1.29 is 9.90 Å². The first-order valence-corrected chi connectivity index (χ1v) is 5.49. The van der Waals surface area contributed by atoms with Crippen molar-refractivity contribution in [3.8, 4) is 0 Å². The second-order valence-electron chi connectivity index (χ2n) is 3.95. The second-order valence-corrected chi connectivity index (χ2v) is 3.95. The minimum absolute atomic E-state index is 0.126. The molecular formula is C13H13NO3. The molecule has 0 spiro atoms.